The summed E-state index contributed by atoms with van der Waals surface area (Å²) >= 11 is 5.81. The fourth-order valence-corrected chi connectivity index (χ4v) is 2.55. The van der Waals surface area contributed by atoms with Crippen molar-refractivity contribution in [2.45, 2.75) is 38.2 Å². The molecule has 3 atom stereocenters. The minimum Gasteiger partial charge on any atom is -0.390 e. The Labute approximate surface area is 114 Å². The molecule has 102 valence electrons. The van der Waals surface area contributed by atoms with Gasteiger partial charge in [-0.2, -0.15) is 9.97 Å². The number of ether oxygens (including phenoxy) is 1. The minimum atomic E-state index is -0.484. The standard InChI is InChI=1S/C11H14ClN5O2/c1-2-6-5(18)3-7(19-6)17-4-14-8-9(13)15-11(12)16-10(8)17/h4-7,18H,2-3H2,1H3,(H2,13,15,16)/t5?,6-,7-/m1/s1. The minimum absolute atomic E-state index is 0.0670. The molecule has 0 radical (unpaired) electrons. The van der Waals surface area contributed by atoms with E-state index in [0.717, 1.165) is 6.42 Å². The summed E-state index contributed by atoms with van der Waals surface area (Å²) in [5.74, 6) is 0.235. The number of nitrogen functional groups attached to an aromatic ring is 1. The SMILES string of the molecule is CC[C@H]1O[C@@H](n2cnc3c(N)nc(Cl)nc32)CC1O. The molecular weight excluding hydrogens is 270 g/mol. The van der Waals surface area contributed by atoms with Crippen LogP contribution in [0.3, 0.4) is 0 Å². The van der Waals surface area contributed by atoms with Crippen LogP contribution in [-0.4, -0.2) is 36.8 Å². The molecule has 0 aromatic carbocycles. The smallest absolute Gasteiger partial charge is 0.226 e. The van der Waals surface area contributed by atoms with Gasteiger partial charge in [0.2, 0.25) is 5.28 Å². The van der Waals surface area contributed by atoms with Gasteiger partial charge in [0.15, 0.2) is 11.5 Å². The Morgan fingerprint density at radius 1 is 1.58 bits per heavy atom. The molecule has 19 heavy (non-hydrogen) atoms. The fourth-order valence-electron chi connectivity index (χ4n) is 2.38. The summed E-state index contributed by atoms with van der Waals surface area (Å²) in [4.78, 5) is 12.2. The van der Waals surface area contributed by atoms with Crippen molar-refractivity contribution in [3.8, 4) is 0 Å². The van der Waals surface area contributed by atoms with E-state index in [0.29, 0.717) is 17.6 Å². The highest BCUT2D eigenvalue weighted by atomic mass is 35.5. The maximum atomic E-state index is 9.90. The number of hydrogen-bond acceptors (Lipinski definition) is 6. The fraction of sp³-hybridized carbons (Fsp3) is 0.545. The zero-order chi connectivity index (χ0) is 13.6. The Kier molecular flexibility index (Phi) is 3.04. The number of nitrogens with two attached hydrogens (primary N) is 1. The van der Waals surface area contributed by atoms with E-state index in [2.05, 4.69) is 15.0 Å². The van der Waals surface area contributed by atoms with Crippen LogP contribution in [0.15, 0.2) is 6.33 Å². The molecule has 7 nitrogen and oxygen atoms in total. The maximum Gasteiger partial charge on any atom is 0.226 e. The summed E-state index contributed by atoms with van der Waals surface area (Å²) in [7, 11) is 0. The average Bonchev–Trinajstić information content (AvgIpc) is 2.92. The predicted octanol–water partition coefficient (Wildman–Crippen LogP) is 1.12. The maximum absolute atomic E-state index is 9.90. The van der Waals surface area contributed by atoms with E-state index in [1.54, 1.807) is 10.9 Å². The van der Waals surface area contributed by atoms with Gasteiger partial charge >= 0.3 is 0 Å². The number of fused-ring (bicyclic) bond motifs is 1. The van der Waals surface area contributed by atoms with Crippen LogP contribution < -0.4 is 5.73 Å². The van der Waals surface area contributed by atoms with Crippen LogP contribution in [0.1, 0.15) is 26.0 Å². The number of hydrogen-bond donors (Lipinski definition) is 2. The van der Waals surface area contributed by atoms with Gasteiger partial charge in [-0.15, -0.1) is 0 Å². The lowest BCUT2D eigenvalue weighted by Gasteiger charge is -2.14. The van der Waals surface area contributed by atoms with Gasteiger partial charge in [-0.1, -0.05) is 6.92 Å². The molecule has 0 amide bonds. The van der Waals surface area contributed by atoms with Crippen LogP contribution in [0.2, 0.25) is 5.28 Å². The highest BCUT2D eigenvalue weighted by Gasteiger charge is 2.34. The molecule has 1 aliphatic rings. The molecular formula is C11H14ClN5O2. The third-order valence-corrected chi connectivity index (χ3v) is 3.51. The first kappa shape index (κ1) is 12.6. The molecule has 0 aliphatic carbocycles. The lowest BCUT2D eigenvalue weighted by atomic mass is 10.1. The van der Waals surface area contributed by atoms with Gasteiger partial charge in [0.25, 0.3) is 0 Å². The van der Waals surface area contributed by atoms with E-state index >= 15 is 0 Å². The normalized spacial score (nSPS) is 27.2. The Morgan fingerprint density at radius 2 is 2.37 bits per heavy atom. The van der Waals surface area contributed by atoms with Crippen LogP contribution in [0.25, 0.3) is 11.2 Å². The van der Waals surface area contributed by atoms with Gasteiger partial charge < -0.3 is 15.6 Å². The number of aromatic nitrogens is 4. The lowest BCUT2D eigenvalue weighted by Crippen LogP contribution is -2.19. The molecule has 0 bridgehead atoms. The van der Waals surface area contributed by atoms with Gasteiger partial charge in [0, 0.05) is 6.42 Å². The van der Waals surface area contributed by atoms with Crippen molar-refractivity contribution in [1.29, 1.82) is 0 Å². The molecule has 8 heteroatoms. The van der Waals surface area contributed by atoms with Gasteiger partial charge in [-0.3, -0.25) is 4.57 Å². The molecule has 1 saturated heterocycles. The molecule has 3 N–H and O–H groups in total. The molecule has 0 saturated carbocycles. The molecule has 1 fully saturated rings. The van der Waals surface area contributed by atoms with E-state index in [4.69, 9.17) is 22.1 Å². The Hall–Kier alpha value is -1.44. The zero-order valence-electron chi connectivity index (χ0n) is 10.3. The Bertz CT molecular complexity index is 616. The Balaban J connectivity index is 2.02. The molecule has 3 heterocycles. The first-order chi connectivity index (χ1) is 9.10. The highest BCUT2D eigenvalue weighted by molar-refractivity contribution is 6.28. The van der Waals surface area contributed by atoms with E-state index in [9.17, 15) is 5.11 Å². The number of halogens is 1. The largest absolute Gasteiger partial charge is 0.390 e. The van der Waals surface area contributed by atoms with Crippen molar-refractivity contribution in [3.05, 3.63) is 11.6 Å². The van der Waals surface area contributed by atoms with E-state index in [-0.39, 0.29) is 23.4 Å². The van der Waals surface area contributed by atoms with Crippen molar-refractivity contribution in [3.63, 3.8) is 0 Å². The van der Waals surface area contributed by atoms with Crippen LogP contribution in [0.5, 0.6) is 0 Å². The molecule has 3 rings (SSSR count). The summed E-state index contributed by atoms with van der Waals surface area (Å²) in [6, 6.07) is 0. The topological polar surface area (TPSA) is 99.1 Å². The summed E-state index contributed by atoms with van der Waals surface area (Å²) < 4.78 is 7.52. The number of imidazole rings is 1. The number of aliphatic hydroxyl groups excluding tert-OH is 1. The number of anilines is 1. The van der Waals surface area contributed by atoms with Crippen molar-refractivity contribution in [2.24, 2.45) is 0 Å². The Morgan fingerprint density at radius 3 is 3.05 bits per heavy atom. The second kappa shape index (κ2) is 4.59. The van der Waals surface area contributed by atoms with E-state index in [1.807, 2.05) is 6.92 Å². The second-order valence-electron chi connectivity index (χ2n) is 4.54. The van der Waals surface area contributed by atoms with Crippen molar-refractivity contribution < 1.29 is 9.84 Å². The summed E-state index contributed by atoms with van der Waals surface area (Å²) in [5, 5.41) is 9.96. The van der Waals surface area contributed by atoms with Gasteiger partial charge in [0.05, 0.1) is 18.5 Å². The third-order valence-electron chi connectivity index (χ3n) is 3.34. The van der Waals surface area contributed by atoms with E-state index in [1.165, 1.54) is 0 Å². The first-order valence-electron chi connectivity index (χ1n) is 6.09. The monoisotopic (exact) mass is 283 g/mol. The predicted molar refractivity (Wildman–Crippen MR) is 69.6 cm³/mol. The average molecular weight is 284 g/mol. The second-order valence-corrected chi connectivity index (χ2v) is 4.88. The van der Waals surface area contributed by atoms with Gasteiger partial charge in [0.1, 0.15) is 11.7 Å². The quantitative estimate of drug-likeness (QED) is 0.801. The number of nitrogens with zero attached hydrogens (tertiary/aromatic N) is 4. The number of aliphatic hydroxyl groups is 1. The first-order valence-corrected chi connectivity index (χ1v) is 6.47. The van der Waals surface area contributed by atoms with E-state index < -0.39 is 6.10 Å². The third kappa shape index (κ3) is 2.03. The summed E-state index contributed by atoms with van der Waals surface area (Å²) in [6.07, 6.45) is 1.87. The van der Waals surface area contributed by atoms with Crippen molar-refractivity contribution in [2.75, 3.05) is 5.73 Å². The highest BCUT2D eigenvalue weighted by Crippen LogP contribution is 2.32. The summed E-state index contributed by atoms with van der Waals surface area (Å²) in [6.45, 7) is 1.97. The molecule has 1 aliphatic heterocycles. The van der Waals surface area contributed by atoms with Crippen molar-refractivity contribution in [1.82, 2.24) is 19.5 Å². The van der Waals surface area contributed by atoms with Gasteiger partial charge in [-0.25, -0.2) is 4.98 Å². The zero-order valence-corrected chi connectivity index (χ0v) is 11.1. The molecule has 2 aromatic rings. The van der Waals surface area contributed by atoms with Crippen LogP contribution >= 0.6 is 11.6 Å². The molecule has 2 aromatic heterocycles. The van der Waals surface area contributed by atoms with Crippen LogP contribution in [0.4, 0.5) is 5.82 Å². The van der Waals surface area contributed by atoms with Crippen molar-refractivity contribution >= 4 is 28.6 Å². The lowest BCUT2D eigenvalue weighted by molar-refractivity contribution is -0.0183. The molecule has 1 unspecified atom stereocenters. The summed E-state index contributed by atoms with van der Waals surface area (Å²) in [5.41, 5.74) is 6.76. The molecule has 0 spiro atoms. The van der Waals surface area contributed by atoms with Gasteiger partial charge in [-0.05, 0) is 18.0 Å². The van der Waals surface area contributed by atoms with Crippen LogP contribution in [-0.2, 0) is 4.74 Å². The number of rotatable bonds is 2. The van der Waals surface area contributed by atoms with Crippen LogP contribution in [0, 0.1) is 0 Å².